The second-order valence-corrected chi connectivity index (χ2v) is 7.91. The molecule has 2 rings (SSSR count). The number of ether oxygens (including phenoxy) is 1. The quantitative estimate of drug-likeness (QED) is 0.694. The molecule has 0 radical (unpaired) electrons. The Bertz CT molecular complexity index is 567. The van der Waals surface area contributed by atoms with Crippen LogP contribution in [0.5, 0.6) is 0 Å². The van der Waals surface area contributed by atoms with Gasteiger partial charge in [-0.3, -0.25) is 9.69 Å². The van der Waals surface area contributed by atoms with Gasteiger partial charge in [0.2, 0.25) is 0 Å². The molecule has 5 nitrogen and oxygen atoms in total. The number of pyridine rings is 1. The fourth-order valence-electron chi connectivity index (χ4n) is 3.40. The van der Waals surface area contributed by atoms with Gasteiger partial charge in [0.15, 0.2) is 0 Å². The number of halogens is 1. The summed E-state index contributed by atoms with van der Waals surface area (Å²) in [7, 11) is 1.81. The van der Waals surface area contributed by atoms with Crippen LogP contribution in [0.2, 0.25) is 5.15 Å². The molecule has 0 saturated carbocycles. The Hall–Kier alpha value is -1.17. The smallest absolute Gasteiger partial charge is 0.272 e. The fraction of sp³-hybridized carbons (Fsp3) is 0.684. The Labute approximate surface area is 156 Å². The standard InChI is InChI=1S/C19H30ClN3O2/c1-14(2)11-23-8-9-25-16(13-23)10-15(3)12-22(4)19(24)17-6-5-7-18(20)21-17/h5-7,14-16H,8-13H2,1-4H3. The number of aromatic nitrogens is 1. The lowest BCUT2D eigenvalue weighted by Gasteiger charge is -2.35. The van der Waals surface area contributed by atoms with E-state index in [4.69, 9.17) is 16.3 Å². The average molecular weight is 368 g/mol. The molecule has 0 N–H and O–H groups in total. The Morgan fingerprint density at radius 1 is 1.44 bits per heavy atom. The Balaban J connectivity index is 1.82. The van der Waals surface area contributed by atoms with Crippen molar-refractivity contribution in [1.29, 1.82) is 0 Å². The van der Waals surface area contributed by atoms with E-state index in [1.54, 1.807) is 23.1 Å². The molecule has 1 aliphatic rings. The summed E-state index contributed by atoms with van der Waals surface area (Å²) in [5.41, 5.74) is 0.388. The van der Waals surface area contributed by atoms with Gasteiger partial charge < -0.3 is 9.64 Å². The zero-order chi connectivity index (χ0) is 18.4. The summed E-state index contributed by atoms with van der Waals surface area (Å²) in [5, 5.41) is 0.341. The van der Waals surface area contributed by atoms with Crippen LogP contribution < -0.4 is 0 Å². The molecule has 1 saturated heterocycles. The first-order valence-electron chi connectivity index (χ1n) is 9.07. The zero-order valence-corrected chi connectivity index (χ0v) is 16.5. The molecule has 140 valence electrons. The third kappa shape index (κ3) is 6.57. The van der Waals surface area contributed by atoms with E-state index in [2.05, 4.69) is 30.7 Å². The van der Waals surface area contributed by atoms with Crippen LogP contribution in [0.25, 0.3) is 0 Å². The van der Waals surface area contributed by atoms with Crippen molar-refractivity contribution >= 4 is 17.5 Å². The summed E-state index contributed by atoms with van der Waals surface area (Å²) in [6, 6.07) is 5.12. The summed E-state index contributed by atoms with van der Waals surface area (Å²) in [6.07, 6.45) is 1.20. The summed E-state index contributed by atoms with van der Waals surface area (Å²) in [5.74, 6) is 0.933. The number of hydrogen-bond acceptors (Lipinski definition) is 4. The molecule has 2 heterocycles. The van der Waals surface area contributed by atoms with Gasteiger partial charge in [0.1, 0.15) is 10.8 Å². The van der Waals surface area contributed by atoms with Gasteiger partial charge in [0.05, 0.1) is 12.7 Å². The highest BCUT2D eigenvalue weighted by molar-refractivity contribution is 6.29. The minimum Gasteiger partial charge on any atom is -0.376 e. The molecule has 0 bridgehead atoms. The summed E-state index contributed by atoms with van der Waals surface area (Å²) in [6.45, 7) is 11.3. The maximum absolute atomic E-state index is 12.5. The van der Waals surface area contributed by atoms with Gasteiger partial charge in [0.25, 0.3) is 5.91 Å². The van der Waals surface area contributed by atoms with Crippen LogP contribution in [0.4, 0.5) is 0 Å². The first kappa shape index (κ1) is 20.1. The molecule has 2 atom stereocenters. The van der Waals surface area contributed by atoms with Crippen LogP contribution in [0.15, 0.2) is 18.2 Å². The normalized spacial score (nSPS) is 19.8. The molecular weight excluding hydrogens is 338 g/mol. The van der Waals surface area contributed by atoms with Gasteiger partial charge in [0, 0.05) is 33.2 Å². The van der Waals surface area contributed by atoms with E-state index >= 15 is 0 Å². The highest BCUT2D eigenvalue weighted by Crippen LogP contribution is 2.17. The topological polar surface area (TPSA) is 45.7 Å². The molecule has 1 aliphatic heterocycles. The number of nitrogens with zero attached hydrogens (tertiary/aromatic N) is 3. The number of carbonyl (C=O) groups excluding carboxylic acids is 1. The SMILES string of the molecule is CC(C)CN1CCOC(CC(C)CN(C)C(=O)c2cccc(Cl)n2)C1. The molecule has 2 unspecified atom stereocenters. The minimum atomic E-state index is -0.0969. The van der Waals surface area contributed by atoms with E-state index < -0.39 is 0 Å². The Kier molecular flexibility index (Phi) is 7.66. The monoisotopic (exact) mass is 367 g/mol. The van der Waals surface area contributed by atoms with Crippen LogP contribution in [-0.2, 0) is 4.74 Å². The lowest BCUT2D eigenvalue weighted by Crippen LogP contribution is -2.45. The largest absolute Gasteiger partial charge is 0.376 e. The average Bonchev–Trinajstić information content (AvgIpc) is 2.53. The number of hydrogen-bond donors (Lipinski definition) is 0. The van der Waals surface area contributed by atoms with E-state index in [1.807, 2.05) is 7.05 Å². The fourth-order valence-corrected chi connectivity index (χ4v) is 3.57. The molecule has 1 aromatic heterocycles. The number of amides is 1. The van der Waals surface area contributed by atoms with Gasteiger partial charge in [-0.1, -0.05) is 38.4 Å². The summed E-state index contributed by atoms with van der Waals surface area (Å²) in [4.78, 5) is 20.8. The van der Waals surface area contributed by atoms with Crippen molar-refractivity contribution < 1.29 is 9.53 Å². The van der Waals surface area contributed by atoms with E-state index in [1.165, 1.54) is 0 Å². The lowest BCUT2D eigenvalue weighted by atomic mass is 10.0. The summed E-state index contributed by atoms with van der Waals surface area (Å²) < 4.78 is 5.93. The highest BCUT2D eigenvalue weighted by atomic mass is 35.5. The van der Waals surface area contributed by atoms with Crippen molar-refractivity contribution in [2.24, 2.45) is 11.8 Å². The molecule has 0 aromatic carbocycles. The maximum Gasteiger partial charge on any atom is 0.272 e. The van der Waals surface area contributed by atoms with E-state index in [-0.39, 0.29) is 12.0 Å². The van der Waals surface area contributed by atoms with Crippen LogP contribution >= 0.6 is 11.6 Å². The van der Waals surface area contributed by atoms with Gasteiger partial charge in [-0.25, -0.2) is 4.98 Å². The van der Waals surface area contributed by atoms with Gasteiger partial charge in [-0.15, -0.1) is 0 Å². The molecule has 1 amide bonds. The number of carbonyl (C=O) groups is 1. The second kappa shape index (κ2) is 9.51. The van der Waals surface area contributed by atoms with E-state index in [0.29, 0.717) is 29.2 Å². The van der Waals surface area contributed by atoms with Crippen molar-refractivity contribution in [2.45, 2.75) is 33.3 Å². The van der Waals surface area contributed by atoms with E-state index in [0.717, 1.165) is 32.7 Å². The maximum atomic E-state index is 12.5. The number of morpholine rings is 1. The molecule has 0 aliphatic carbocycles. The zero-order valence-electron chi connectivity index (χ0n) is 15.7. The molecular formula is C19H30ClN3O2. The number of rotatable bonds is 7. The third-order valence-corrected chi connectivity index (χ3v) is 4.59. The first-order valence-corrected chi connectivity index (χ1v) is 9.45. The van der Waals surface area contributed by atoms with Crippen molar-refractivity contribution in [3.05, 3.63) is 29.0 Å². The highest BCUT2D eigenvalue weighted by Gasteiger charge is 2.24. The van der Waals surface area contributed by atoms with Crippen molar-refractivity contribution in [3.8, 4) is 0 Å². The Morgan fingerprint density at radius 2 is 2.20 bits per heavy atom. The van der Waals surface area contributed by atoms with Crippen molar-refractivity contribution in [3.63, 3.8) is 0 Å². The van der Waals surface area contributed by atoms with Crippen molar-refractivity contribution in [1.82, 2.24) is 14.8 Å². The molecule has 1 aromatic rings. The van der Waals surface area contributed by atoms with Crippen LogP contribution in [0.1, 0.15) is 37.7 Å². The minimum absolute atomic E-state index is 0.0969. The Morgan fingerprint density at radius 3 is 2.88 bits per heavy atom. The van der Waals surface area contributed by atoms with Gasteiger partial charge in [-0.2, -0.15) is 0 Å². The first-order chi connectivity index (χ1) is 11.8. The van der Waals surface area contributed by atoms with Crippen LogP contribution in [0, 0.1) is 11.8 Å². The van der Waals surface area contributed by atoms with Gasteiger partial charge in [-0.05, 0) is 30.4 Å². The van der Waals surface area contributed by atoms with E-state index in [9.17, 15) is 4.79 Å². The van der Waals surface area contributed by atoms with Gasteiger partial charge >= 0.3 is 0 Å². The molecule has 25 heavy (non-hydrogen) atoms. The predicted molar refractivity (Wildman–Crippen MR) is 101 cm³/mol. The van der Waals surface area contributed by atoms with Crippen molar-refractivity contribution in [2.75, 3.05) is 39.8 Å². The second-order valence-electron chi connectivity index (χ2n) is 7.52. The predicted octanol–water partition coefficient (Wildman–Crippen LogP) is 3.19. The molecule has 6 heteroatoms. The third-order valence-electron chi connectivity index (χ3n) is 4.38. The molecule has 0 spiro atoms. The lowest BCUT2D eigenvalue weighted by molar-refractivity contribution is -0.0421. The van der Waals surface area contributed by atoms with Crippen LogP contribution in [0.3, 0.4) is 0 Å². The van der Waals surface area contributed by atoms with Crippen LogP contribution in [-0.4, -0.2) is 66.6 Å². The molecule has 1 fully saturated rings. The summed E-state index contributed by atoms with van der Waals surface area (Å²) >= 11 is 5.87.